The minimum Gasteiger partial charge on any atom is -0.463 e. The van der Waals surface area contributed by atoms with Gasteiger partial charge < -0.3 is 14.5 Å². The van der Waals surface area contributed by atoms with Gasteiger partial charge >= 0.3 is 5.97 Å². The maximum absolute atomic E-state index is 11.3. The van der Waals surface area contributed by atoms with Crippen molar-refractivity contribution in [3.63, 3.8) is 0 Å². The fourth-order valence-electron chi connectivity index (χ4n) is 2.00. The van der Waals surface area contributed by atoms with Crippen LogP contribution in [0.4, 0.5) is 0 Å². The van der Waals surface area contributed by atoms with Crippen LogP contribution in [0.15, 0.2) is 41.1 Å². The molecule has 0 saturated heterocycles. The third-order valence-corrected chi connectivity index (χ3v) is 3.15. The summed E-state index contributed by atoms with van der Waals surface area (Å²) in [4.78, 5) is 15.3. The van der Waals surface area contributed by atoms with E-state index in [0.29, 0.717) is 5.76 Å². The summed E-state index contributed by atoms with van der Waals surface area (Å²) >= 11 is 0. The monoisotopic (exact) mass is 274 g/mol. The molecule has 0 spiro atoms. The highest BCUT2D eigenvalue weighted by Gasteiger charge is 2.17. The fourth-order valence-corrected chi connectivity index (χ4v) is 2.00. The zero-order chi connectivity index (χ0) is 14.5. The summed E-state index contributed by atoms with van der Waals surface area (Å²) in [7, 11) is 1.33. The Hall–Kier alpha value is -2.14. The van der Waals surface area contributed by atoms with Crippen LogP contribution in [0.25, 0.3) is 0 Å². The Bertz CT molecular complexity index is 566. The van der Waals surface area contributed by atoms with E-state index in [1.165, 1.54) is 7.11 Å². The van der Waals surface area contributed by atoms with Gasteiger partial charge in [0.2, 0.25) is 5.76 Å². The minimum atomic E-state index is -0.467. The Morgan fingerprint density at radius 2 is 1.90 bits per heavy atom. The van der Waals surface area contributed by atoms with Crippen LogP contribution in [0.1, 0.15) is 47.8 Å². The summed E-state index contributed by atoms with van der Waals surface area (Å²) in [5.41, 5.74) is 1.14. The molecular formula is C15H18N2O3. The predicted molar refractivity (Wildman–Crippen MR) is 74.3 cm³/mol. The molecular weight excluding hydrogens is 256 g/mol. The third-order valence-electron chi connectivity index (χ3n) is 3.15. The van der Waals surface area contributed by atoms with Crippen molar-refractivity contribution in [1.82, 2.24) is 10.3 Å². The van der Waals surface area contributed by atoms with E-state index >= 15 is 0 Å². The van der Waals surface area contributed by atoms with Gasteiger partial charge in [-0.3, -0.25) is 4.98 Å². The minimum absolute atomic E-state index is 0.0171. The van der Waals surface area contributed by atoms with Crippen molar-refractivity contribution in [2.75, 3.05) is 7.11 Å². The molecule has 0 aliphatic rings. The molecule has 0 radical (unpaired) electrons. The quantitative estimate of drug-likeness (QED) is 0.849. The largest absolute Gasteiger partial charge is 0.463 e. The second kappa shape index (κ2) is 6.34. The molecule has 0 aromatic carbocycles. The molecule has 20 heavy (non-hydrogen) atoms. The van der Waals surface area contributed by atoms with Crippen LogP contribution in [0.2, 0.25) is 0 Å². The van der Waals surface area contributed by atoms with Crippen LogP contribution >= 0.6 is 0 Å². The summed E-state index contributed by atoms with van der Waals surface area (Å²) in [5, 5.41) is 3.41. The number of nitrogens with zero attached hydrogens (tertiary/aromatic N) is 1. The molecule has 0 bridgehead atoms. The SMILES string of the molecule is COC(=O)c1ccc(C(C)N[C@@H](C)c2ccncc2)o1. The molecule has 1 unspecified atom stereocenters. The lowest BCUT2D eigenvalue weighted by molar-refractivity contribution is 0.0562. The van der Waals surface area contributed by atoms with Gasteiger partial charge in [-0.25, -0.2) is 4.79 Å². The highest BCUT2D eigenvalue weighted by molar-refractivity contribution is 5.86. The van der Waals surface area contributed by atoms with Crippen LogP contribution in [-0.4, -0.2) is 18.1 Å². The van der Waals surface area contributed by atoms with Crippen molar-refractivity contribution >= 4 is 5.97 Å². The molecule has 2 heterocycles. The molecule has 5 heteroatoms. The molecule has 0 amide bonds. The average Bonchev–Trinajstić information content (AvgIpc) is 2.97. The molecule has 0 aliphatic heterocycles. The van der Waals surface area contributed by atoms with E-state index in [0.717, 1.165) is 5.56 Å². The van der Waals surface area contributed by atoms with Gasteiger partial charge in [-0.2, -0.15) is 0 Å². The number of carbonyl (C=O) groups is 1. The topological polar surface area (TPSA) is 64.4 Å². The van der Waals surface area contributed by atoms with E-state index in [4.69, 9.17) is 4.42 Å². The number of hydrogen-bond donors (Lipinski definition) is 1. The summed E-state index contributed by atoms with van der Waals surface area (Å²) < 4.78 is 10.1. The lowest BCUT2D eigenvalue weighted by atomic mass is 10.1. The van der Waals surface area contributed by atoms with E-state index in [-0.39, 0.29) is 17.8 Å². The fraction of sp³-hybridized carbons (Fsp3) is 0.333. The van der Waals surface area contributed by atoms with Crippen LogP contribution in [0.5, 0.6) is 0 Å². The highest BCUT2D eigenvalue weighted by atomic mass is 16.5. The Morgan fingerprint density at radius 3 is 2.55 bits per heavy atom. The number of esters is 1. The number of pyridine rings is 1. The van der Waals surface area contributed by atoms with Gasteiger partial charge in [-0.1, -0.05) is 0 Å². The molecule has 1 N–H and O–H groups in total. The number of ether oxygens (including phenoxy) is 1. The summed E-state index contributed by atoms with van der Waals surface area (Å²) in [6, 6.07) is 7.47. The zero-order valence-electron chi connectivity index (χ0n) is 11.8. The van der Waals surface area contributed by atoms with Gasteiger partial charge in [0.05, 0.1) is 13.2 Å². The van der Waals surface area contributed by atoms with Crippen molar-refractivity contribution in [3.05, 3.63) is 53.7 Å². The number of methoxy groups -OCH3 is 1. The first-order valence-electron chi connectivity index (χ1n) is 6.46. The van der Waals surface area contributed by atoms with Gasteiger partial charge in [0.25, 0.3) is 0 Å². The molecule has 0 saturated carbocycles. The predicted octanol–water partition coefficient (Wildman–Crippen LogP) is 2.87. The first kappa shape index (κ1) is 14.3. The van der Waals surface area contributed by atoms with E-state index in [2.05, 4.69) is 22.0 Å². The van der Waals surface area contributed by atoms with Crippen molar-refractivity contribution in [3.8, 4) is 0 Å². The molecule has 0 aliphatic carbocycles. The number of furan rings is 1. The van der Waals surface area contributed by atoms with Gasteiger partial charge in [-0.15, -0.1) is 0 Å². The Morgan fingerprint density at radius 1 is 1.20 bits per heavy atom. The van der Waals surface area contributed by atoms with Gasteiger partial charge in [0.1, 0.15) is 5.76 Å². The number of rotatable bonds is 5. The van der Waals surface area contributed by atoms with Gasteiger partial charge in [0.15, 0.2) is 0 Å². The van der Waals surface area contributed by atoms with E-state index in [1.807, 2.05) is 19.1 Å². The Kier molecular flexibility index (Phi) is 4.53. The highest BCUT2D eigenvalue weighted by Crippen LogP contribution is 2.21. The standard InChI is InChI=1S/C15H18N2O3/c1-10(12-6-8-16-9-7-12)17-11(2)13-4-5-14(20-13)15(18)19-3/h4-11,17H,1-3H3/t10-,11?/m0/s1. The molecule has 0 fully saturated rings. The Labute approximate surface area is 118 Å². The van der Waals surface area contributed by atoms with Gasteiger partial charge in [0, 0.05) is 18.4 Å². The second-order valence-electron chi connectivity index (χ2n) is 4.58. The van der Waals surface area contributed by atoms with Crippen molar-refractivity contribution in [2.45, 2.75) is 25.9 Å². The lowest BCUT2D eigenvalue weighted by Gasteiger charge is -2.18. The first-order chi connectivity index (χ1) is 9.61. The maximum atomic E-state index is 11.3. The molecule has 5 nitrogen and oxygen atoms in total. The lowest BCUT2D eigenvalue weighted by Crippen LogP contribution is -2.22. The smallest absolute Gasteiger partial charge is 0.373 e. The summed E-state index contributed by atoms with van der Waals surface area (Å²) in [5.74, 6) is 0.449. The molecule has 106 valence electrons. The summed E-state index contributed by atoms with van der Waals surface area (Å²) in [6.45, 7) is 4.05. The van der Waals surface area contributed by atoms with Crippen LogP contribution < -0.4 is 5.32 Å². The third kappa shape index (κ3) is 3.24. The maximum Gasteiger partial charge on any atom is 0.373 e. The van der Waals surface area contributed by atoms with Crippen LogP contribution in [0.3, 0.4) is 0 Å². The number of aromatic nitrogens is 1. The van der Waals surface area contributed by atoms with Crippen molar-refractivity contribution < 1.29 is 13.9 Å². The number of carbonyl (C=O) groups excluding carboxylic acids is 1. The van der Waals surface area contributed by atoms with E-state index < -0.39 is 5.97 Å². The molecule has 2 aromatic heterocycles. The first-order valence-corrected chi connectivity index (χ1v) is 6.46. The van der Waals surface area contributed by atoms with E-state index in [1.54, 1.807) is 24.5 Å². The molecule has 2 atom stereocenters. The molecule has 2 aromatic rings. The summed E-state index contributed by atoms with van der Waals surface area (Å²) in [6.07, 6.45) is 3.53. The van der Waals surface area contributed by atoms with Crippen molar-refractivity contribution in [2.24, 2.45) is 0 Å². The van der Waals surface area contributed by atoms with Crippen LogP contribution in [0, 0.1) is 0 Å². The normalized spacial score (nSPS) is 13.8. The Balaban J connectivity index is 2.03. The second-order valence-corrected chi connectivity index (χ2v) is 4.58. The number of nitrogens with one attached hydrogen (secondary N) is 1. The zero-order valence-corrected chi connectivity index (χ0v) is 11.8. The van der Waals surface area contributed by atoms with Crippen LogP contribution in [-0.2, 0) is 4.74 Å². The number of hydrogen-bond acceptors (Lipinski definition) is 5. The van der Waals surface area contributed by atoms with E-state index in [9.17, 15) is 4.79 Å². The molecule has 2 rings (SSSR count). The van der Waals surface area contributed by atoms with Crippen molar-refractivity contribution in [1.29, 1.82) is 0 Å². The van der Waals surface area contributed by atoms with Gasteiger partial charge in [-0.05, 0) is 43.7 Å². The average molecular weight is 274 g/mol.